The van der Waals surface area contributed by atoms with Crippen molar-refractivity contribution in [2.75, 3.05) is 19.6 Å². The highest BCUT2D eigenvalue weighted by atomic mass is 79.9. The molecule has 1 aliphatic rings. The monoisotopic (exact) mass is 534 g/mol. The zero-order valence-corrected chi connectivity index (χ0v) is 20.6. The fourth-order valence-corrected chi connectivity index (χ4v) is 3.30. The van der Waals surface area contributed by atoms with E-state index >= 15 is 0 Å². The van der Waals surface area contributed by atoms with E-state index in [9.17, 15) is 15.3 Å². The Morgan fingerprint density at radius 1 is 0.966 bits per heavy atom. The van der Waals surface area contributed by atoms with Gasteiger partial charge in [0.25, 0.3) is 0 Å². The van der Waals surface area contributed by atoms with Crippen molar-refractivity contribution in [3.63, 3.8) is 0 Å². The molecule has 0 aromatic heterocycles. The van der Waals surface area contributed by atoms with E-state index in [2.05, 4.69) is 10.6 Å². The van der Waals surface area contributed by atoms with Crippen LogP contribution in [0.15, 0.2) is 48.2 Å². The summed E-state index contributed by atoms with van der Waals surface area (Å²) in [6.07, 6.45) is 10.4. The Labute approximate surface area is 195 Å². The summed E-state index contributed by atoms with van der Waals surface area (Å²) in [5.74, 6) is 0.313. The number of hydrogen-bond acceptors (Lipinski definition) is 5. The lowest BCUT2D eigenvalue weighted by Crippen LogP contribution is -2.48. The van der Waals surface area contributed by atoms with Crippen molar-refractivity contribution in [2.45, 2.75) is 57.2 Å². The molecule has 29 heavy (non-hydrogen) atoms. The lowest BCUT2D eigenvalue weighted by molar-refractivity contribution is -0.0319. The summed E-state index contributed by atoms with van der Waals surface area (Å²) in [4.78, 5) is 0. The number of aliphatic hydroxyl groups excluding tert-OH is 1. The van der Waals surface area contributed by atoms with Gasteiger partial charge in [-0.2, -0.15) is 0 Å². The Hall–Kier alpha value is -0.860. The average Bonchev–Trinajstić information content (AvgIpc) is 2.68. The molecule has 1 aromatic carbocycles. The molecule has 166 valence electrons. The van der Waals surface area contributed by atoms with Crippen LogP contribution in [0.25, 0.3) is 0 Å². The molecule has 0 spiro atoms. The number of hydrogen-bond donors (Lipinski definition) is 5. The molecule has 5 N–H and O–H groups in total. The zero-order valence-electron chi connectivity index (χ0n) is 17.1. The van der Waals surface area contributed by atoms with Crippen LogP contribution in [-0.4, -0.2) is 46.7 Å². The van der Waals surface area contributed by atoms with Crippen LogP contribution in [0.3, 0.4) is 0 Å². The normalized spacial score (nSPS) is 20.4. The molecular formula is C22H36Br2N2O3. The molecule has 2 rings (SSSR count). The predicted molar refractivity (Wildman–Crippen MR) is 130 cm³/mol. The van der Waals surface area contributed by atoms with Crippen LogP contribution in [0.5, 0.6) is 5.75 Å². The van der Waals surface area contributed by atoms with Gasteiger partial charge in [0, 0.05) is 12.2 Å². The Morgan fingerprint density at radius 3 is 2.28 bits per heavy atom. The van der Waals surface area contributed by atoms with Crippen LogP contribution < -0.4 is 10.6 Å². The lowest BCUT2D eigenvalue weighted by atomic mass is 9.86. The molecule has 0 aliphatic heterocycles. The van der Waals surface area contributed by atoms with Crippen molar-refractivity contribution in [3.05, 3.63) is 53.8 Å². The van der Waals surface area contributed by atoms with Gasteiger partial charge in [0.15, 0.2) is 0 Å². The minimum atomic E-state index is -1.18. The minimum absolute atomic E-state index is 0. The Bertz CT molecular complexity index is 623. The fraction of sp³-hybridized carbons (Fsp3) is 0.545. The van der Waals surface area contributed by atoms with Crippen molar-refractivity contribution in [3.8, 4) is 5.75 Å². The number of aliphatic hydroxyl groups is 2. The number of benzene rings is 1. The van der Waals surface area contributed by atoms with Gasteiger partial charge in [-0.05, 0) is 62.5 Å². The first kappa shape index (κ1) is 28.1. The first-order chi connectivity index (χ1) is 13.1. The average molecular weight is 536 g/mol. The van der Waals surface area contributed by atoms with Crippen LogP contribution in [0.1, 0.15) is 44.6 Å². The maximum atomic E-state index is 10.6. The Balaban J connectivity index is 0.00000392. The number of phenolic OH excluding ortho intramolecular Hbond substituents is 1. The standard InChI is InChI=1S/C22H34N2O3.2BrH/c1-2-22(27)20(8-7-9-21(22)26)24-16-6-4-3-5-15-23-17-14-18-10-12-19(25)13-11-18;;/h7-13,21,23-27H,2-6,14-17H2,1H3;2*1H. The first-order valence-electron chi connectivity index (χ1n) is 10.1. The molecular weight excluding hydrogens is 500 g/mol. The third kappa shape index (κ3) is 9.22. The molecule has 0 fully saturated rings. The summed E-state index contributed by atoms with van der Waals surface area (Å²) in [5, 5.41) is 36.6. The number of nitrogens with one attached hydrogen (secondary N) is 2. The van der Waals surface area contributed by atoms with E-state index in [1.165, 1.54) is 12.0 Å². The molecule has 7 heteroatoms. The molecule has 0 radical (unpaired) electrons. The minimum Gasteiger partial charge on any atom is -0.508 e. The molecule has 0 heterocycles. The summed E-state index contributed by atoms with van der Waals surface area (Å²) in [5.41, 5.74) is 0.766. The first-order valence-corrected chi connectivity index (χ1v) is 10.1. The number of halogens is 2. The van der Waals surface area contributed by atoms with Gasteiger partial charge >= 0.3 is 0 Å². The second-order valence-electron chi connectivity index (χ2n) is 7.20. The second-order valence-corrected chi connectivity index (χ2v) is 7.20. The lowest BCUT2D eigenvalue weighted by Gasteiger charge is -2.35. The summed E-state index contributed by atoms with van der Waals surface area (Å²) in [6.45, 7) is 4.66. The molecule has 5 nitrogen and oxygen atoms in total. The van der Waals surface area contributed by atoms with Gasteiger partial charge in [-0.1, -0.05) is 44.1 Å². The van der Waals surface area contributed by atoms with Gasteiger partial charge in [0.2, 0.25) is 0 Å². The summed E-state index contributed by atoms with van der Waals surface area (Å²) in [7, 11) is 0. The van der Waals surface area contributed by atoms with Crippen molar-refractivity contribution >= 4 is 34.0 Å². The predicted octanol–water partition coefficient (Wildman–Crippen LogP) is 3.79. The summed E-state index contributed by atoms with van der Waals surface area (Å²) in [6, 6.07) is 7.37. The van der Waals surface area contributed by atoms with E-state index in [0.717, 1.165) is 51.0 Å². The zero-order chi connectivity index (χ0) is 19.5. The molecule has 0 saturated heterocycles. The van der Waals surface area contributed by atoms with Crippen LogP contribution in [0.4, 0.5) is 0 Å². The summed E-state index contributed by atoms with van der Waals surface area (Å²) >= 11 is 0. The van der Waals surface area contributed by atoms with Crippen molar-refractivity contribution in [1.82, 2.24) is 10.6 Å². The topological polar surface area (TPSA) is 84.8 Å². The summed E-state index contributed by atoms with van der Waals surface area (Å²) < 4.78 is 0. The second kappa shape index (κ2) is 15.0. The number of phenols is 1. The molecule has 2 unspecified atom stereocenters. The SMILES string of the molecule is Br.Br.CCC1(O)C(NCCCCCCNCCc2ccc(O)cc2)=CC=CC1O. The van der Waals surface area contributed by atoms with Crippen LogP contribution in [0, 0.1) is 0 Å². The van der Waals surface area contributed by atoms with E-state index in [4.69, 9.17) is 0 Å². The van der Waals surface area contributed by atoms with Crippen molar-refractivity contribution in [2.24, 2.45) is 0 Å². The molecule has 0 saturated carbocycles. The molecule has 2 atom stereocenters. The van der Waals surface area contributed by atoms with E-state index < -0.39 is 11.7 Å². The molecule has 0 amide bonds. The smallest absolute Gasteiger partial charge is 0.133 e. The third-order valence-electron chi connectivity index (χ3n) is 5.17. The third-order valence-corrected chi connectivity index (χ3v) is 5.17. The highest BCUT2D eigenvalue weighted by Crippen LogP contribution is 2.27. The fourth-order valence-electron chi connectivity index (χ4n) is 3.30. The quantitative estimate of drug-likeness (QED) is 0.263. The molecule has 1 aliphatic carbocycles. The van der Waals surface area contributed by atoms with Crippen molar-refractivity contribution < 1.29 is 15.3 Å². The molecule has 0 bridgehead atoms. The van der Waals surface area contributed by atoms with Crippen LogP contribution in [-0.2, 0) is 6.42 Å². The maximum absolute atomic E-state index is 10.6. The number of allylic oxidation sites excluding steroid dienone is 2. The van der Waals surface area contributed by atoms with Gasteiger partial charge in [-0.15, -0.1) is 34.0 Å². The largest absolute Gasteiger partial charge is 0.508 e. The van der Waals surface area contributed by atoms with Gasteiger partial charge in [0.1, 0.15) is 17.5 Å². The van der Waals surface area contributed by atoms with Gasteiger partial charge in [0.05, 0.1) is 0 Å². The van der Waals surface area contributed by atoms with E-state index in [-0.39, 0.29) is 34.0 Å². The van der Waals surface area contributed by atoms with Crippen LogP contribution >= 0.6 is 34.0 Å². The molecule has 1 aromatic rings. The van der Waals surface area contributed by atoms with E-state index in [0.29, 0.717) is 12.2 Å². The van der Waals surface area contributed by atoms with Gasteiger partial charge in [-0.3, -0.25) is 0 Å². The highest BCUT2D eigenvalue weighted by Gasteiger charge is 2.37. The Kier molecular flexibility index (Phi) is 14.6. The Morgan fingerprint density at radius 2 is 1.62 bits per heavy atom. The van der Waals surface area contributed by atoms with Gasteiger partial charge < -0.3 is 26.0 Å². The van der Waals surface area contributed by atoms with E-state index in [1.807, 2.05) is 25.1 Å². The van der Waals surface area contributed by atoms with Crippen LogP contribution in [0.2, 0.25) is 0 Å². The van der Waals surface area contributed by atoms with E-state index in [1.54, 1.807) is 24.3 Å². The van der Waals surface area contributed by atoms with Crippen molar-refractivity contribution in [1.29, 1.82) is 0 Å². The highest BCUT2D eigenvalue weighted by molar-refractivity contribution is 8.93. The number of aromatic hydroxyl groups is 1. The van der Waals surface area contributed by atoms with Gasteiger partial charge in [-0.25, -0.2) is 0 Å². The number of rotatable bonds is 12. The number of unbranched alkanes of at least 4 members (excludes halogenated alkanes) is 3. The maximum Gasteiger partial charge on any atom is 0.133 e.